The number of aryl methyl sites for hydroxylation is 1. The maximum absolute atomic E-state index is 12.5. The van der Waals surface area contributed by atoms with Gasteiger partial charge in [0.15, 0.2) is 6.61 Å². The molecule has 1 aliphatic heterocycles. The van der Waals surface area contributed by atoms with Crippen LogP contribution in [0.1, 0.15) is 52.7 Å². The van der Waals surface area contributed by atoms with E-state index >= 15 is 0 Å². The first-order valence-corrected chi connectivity index (χ1v) is 13.4. The summed E-state index contributed by atoms with van der Waals surface area (Å²) < 4.78 is 32.8. The zero-order valence-electron chi connectivity index (χ0n) is 18.4. The van der Waals surface area contributed by atoms with E-state index in [4.69, 9.17) is 4.74 Å². The molecule has 176 valence electrons. The SMILES string of the molecule is CCC1CCc2sc(C(=O)OCC(=O)Nc3cccc(S(=O)(=O)NC4=NCCC4)c3)cc2C1. The van der Waals surface area contributed by atoms with Crippen LogP contribution >= 0.6 is 11.3 Å². The average Bonchev–Trinajstić information content (AvgIpc) is 3.46. The second kappa shape index (κ2) is 10.0. The maximum atomic E-state index is 12.5. The molecule has 33 heavy (non-hydrogen) atoms. The predicted molar refractivity (Wildman–Crippen MR) is 127 cm³/mol. The Kier molecular flexibility index (Phi) is 7.14. The van der Waals surface area contributed by atoms with Crippen molar-refractivity contribution in [3.8, 4) is 0 Å². The lowest BCUT2D eigenvalue weighted by Crippen LogP contribution is -2.29. The standard InChI is InChI=1S/C23H27N3O5S2/c1-2-15-8-9-19-16(11-15)12-20(32-19)23(28)31-14-22(27)25-17-5-3-6-18(13-17)33(29,30)26-21-7-4-10-24-21/h3,5-6,12-13,15H,2,4,7-11,14H2,1H3,(H,24,26)(H,25,27). The molecule has 0 fully saturated rings. The van der Waals surface area contributed by atoms with Crippen molar-refractivity contribution in [2.24, 2.45) is 10.9 Å². The summed E-state index contributed by atoms with van der Waals surface area (Å²) in [5.41, 5.74) is 1.51. The van der Waals surface area contributed by atoms with Crippen molar-refractivity contribution in [3.05, 3.63) is 45.6 Å². The van der Waals surface area contributed by atoms with Crippen molar-refractivity contribution >= 4 is 44.8 Å². The highest BCUT2D eigenvalue weighted by molar-refractivity contribution is 7.90. The number of amides is 1. The van der Waals surface area contributed by atoms with E-state index in [0.717, 1.165) is 32.1 Å². The van der Waals surface area contributed by atoms with E-state index in [1.54, 1.807) is 6.07 Å². The minimum Gasteiger partial charge on any atom is -0.451 e. The van der Waals surface area contributed by atoms with Gasteiger partial charge in [0, 0.05) is 23.5 Å². The van der Waals surface area contributed by atoms with Crippen LogP contribution in [0.5, 0.6) is 0 Å². The van der Waals surface area contributed by atoms with E-state index in [-0.39, 0.29) is 4.90 Å². The zero-order chi connectivity index (χ0) is 23.4. The molecule has 1 aliphatic carbocycles. The van der Waals surface area contributed by atoms with Crippen LogP contribution in [0.2, 0.25) is 0 Å². The number of aliphatic imine (C=N–C) groups is 1. The summed E-state index contributed by atoms with van der Waals surface area (Å²) in [6, 6.07) is 7.79. The Morgan fingerprint density at radius 2 is 2.09 bits per heavy atom. The number of ether oxygens (including phenoxy) is 1. The number of benzene rings is 1. The number of esters is 1. The summed E-state index contributed by atoms with van der Waals surface area (Å²) in [6.07, 6.45) is 5.64. The van der Waals surface area contributed by atoms with E-state index < -0.39 is 28.5 Å². The largest absolute Gasteiger partial charge is 0.451 e. The first-order valence-electron chi connectivity index (χ1n) is 11.1. The molecule has 1 aromatic heterocycles. The Balaban J connectivity index is 1.32. The monoisotopic (exact) mass is 489 g/mol. The third kappa shape index (κ3) is 5.80. The van der Waals surface area contributed by atoms with Crippen LogP contribution in [0.4, 0.5) is 5.69 Å². The number of amidine groups is 1. The van der Waals surface area contributed by atoms with Crippen molar-refractivity contribution in [2.75, 3.05) is 18.5 Å². The summed E-state index contributed by atoms with van der Waals surface area (Å²) in [5, 5.41) is 2.58. The van der Waals surface area contributed by atoms with Crippen LogP contribution in [-0.2, 0) is 32.4 Å². The maximum Gasteiger partial charge on any atom is 0.348 e. The molecule has 4 rings (SSSR count). The van der Waals surface area contributed by atoms with Gasteiger partial charge in [0.2, 0.25) is 0 Å². The minimum absolute atomic E-state index is 0.0152. The van der Waals surface area contributed by atoms with E-state index in [9.17, 15) is 18.0 Å². The molecule has 10 heteroatoms. The van der Waals surface area contributed by atoms with Gasteiger partial charge in [-0.05, 0) is 61.4 Å². The lowest BCUT2D eigenvalue weighted by atomic mass is 9.87. The molecule has 0 radical (unpaired) electrons. The van der Waals surface area contributed by atoms with Crippen molar-refractivity contribution in [3.63, 3.8) is 0 Å². The van der Waals surface area contributed by atoms with Crippen LogP contribution in [0.15, 0.2) is 40.2 Å². The second-order valence-electron chi connectivity index (χ2n) is 8.27. The molecule has 1 unspecified atom stereocenters. The Morgan fingerprint density at radius 1 is 1.24 bits per heavy atom. The van der Waals surface area contributed by atoms with Crippen molar-refractivity contribution in [2.45, 2.75) is 50.3 Å². The molecule has 2 heterocycles. The summed E-state index contributed by atoms with van der Waals surface area (Å²) in [6.45, 7) is 2.34. The molecule has 2 aliphatic rings. The van der Waals surface area contributed by atoms with Crippen LogP contribution in [0, 0.1) is 5.92 Å². The van der Waals surface area contributed by atoms with Gasteiger partial charge in [-0.15, -0.1) is 11.3 Å². The Morgan fingerprint density at radius 3 is 2.85 bits per heavy atom. The second-order valence-corrected chi connectivity index (χ2v) is 11.1. The van der Waals surface area contributed by atoms with Gasteiger partial charge in [-0.25, -0.2) is 13.2 Å². The van der Waals surface area contributed by atoms with E-state index in [2.05, 4.69) is 22.0 Å². The van der Waals surface area contributed by atoms with Gasteiger partial charge in [0.05, 0.1) is 4.90 Å². The van der Waals surface area contributed by atoms with Crippen molar-refractivity contribution in [1.82, 2.24) is 4.72 Å². The first-order chi connectivity index (χ1) is 15.8. The summed E-state index contributed by atoms with van der Waals surface area (Å²) >= 11 is 1.44. The molecule has 2 aromatic rings. The molecule has 0 spiro atoms. The highest BCUT2D eigenvalue weighted by atomic mass is 32.2. The number of carbonyl (C=O) groups excluding carboxylic acids is 2. The van der Waals surface area contributed by atoms with Crippen LogP contribution in [0.25, 0.3) is 0 Å². The zero-order valence-corrected chi connectivity index (χ0v) is 20.1. The highest BCUT2D eigenvalue weighted by Gasteiger charge is 2.23. The van der Waals surface area contributed by atoms with Crippen molar-refractivity contribution < 1.29 is 22.7 Å². The lowest BCUT2D eigenvalue weighted by molar-refractivity contribution is -0.119. The highest BCUT2D eigenvalue weighted by Crippen LogP contribution is 2.33. The summed E-state index contributed by atoms with van der Waals surface area (Å²) in [4.78, 5) is 30.6. The van der Waals surface area contributed by atoms with E-state index in [0.29, 0.717) is 35.3 Å². The van der Waals surface area contributed by atoms with E-state index in [1.165, 1.54) is 40.0 Å². The molecule has 8 nitrogen and oxygen atoms in total. The number of sulfonamides is 1. The Labute approximate surface area is 197 Å². The van der Waals surface area contributed by atoms with Gasteiger partial charge in [-0.1, -0.05) is 19.4 Å². The van der Waals surface area contributed by atoms with Gasteiger partial charge < -0.3 is 10.1 Å². The van der Waals surface area contributed by atoms with Crippen molar-refractivity contribution in [1.29, 1.82) is 0 Å². The first kappa shape index (κ1) is 23.4. The van der Waals surface area contributed by atoms with Crippen LogP contribution < -0.4 is 10.0 Å². The average molecular weight is 490 g/mol. The fraction of sp³-hybridized carbons (Fsp3) is 0.435. The molecule has 1 aromatic carbocycles. The Bertz CT molecular complexity index is 1190. The number of nitrogens with one attached hydrogen (secondary N) is 2. The fourth-order valence-electron chi connectivity index (χ4n) is 4.03. The third-order valence-corrected chi connectivity index (χ3v) is 8.45. The summed E-state index contributed by atoms with van der Waals surface area (Å²) in [7, 11) is -3.79. The molecular weight excluding hydrogens is 462 g/mol. The molecular formula is C23H27N3O5S2. The van der Waals surface area contributed by atoms with Gasteiger partial charge in [-0.3, -0.25) is 14.5 Å². The number of hydrogen-bond donors (Lipinski definition) is 2. The minimum atomic E-state index is -3.79. The number of anilines is 1. The molecule has 0 bridgehead atoms. The molecule has 1 amide bonds. The number of thiophene rings is 1. The van der Waals surface area contributed by atoms with E-state index in [1.807, 2.05) is 6.07 Å². The molecule has 1 atom stereocenters. The number of rotatable bonds is 7. The number of carbonyl (C=O) groups is 2. The smallest absolute Gasteiger partial charge is 0.348 e. The number of nitrogens with zero attached hydrogens (tertiary/aromatic N) is 1. The van der Waals surface area contributed by atoms with Gasteiger partial charge in [0.1, 0.15) is 10.7 Å². The predicted octanol–water partition coefficient (Wildman–Crippen LogP) is 3.53. The van der Waals surface area contributed by atoms with Gasteiger partial charge in [0.25, 0.3) is 15.9 Å². The lowest BCUT2D eigenvalue weighted by Gasteiger charge is -2.19. The molecule has 2 N–H and O–H groups in total. The topological polar surface area (TPSA) is 114 Å². The van der Waals surface area contributed by atoms with Crippen LogP contribution in [0.3, 0.4) is 0 Å². The fourth-order valence-corrected chi connectivity index (χ4v) is 6.26. The number of hydrogen-bond acceptors (Lipinski definition) is 7. The number of fused-ring (bicyclic) bond motifs is 1. The van der Waals surface area contributed by atoms with Gasteiger partial charge in [-0.2, -0.15) is 0 Å². The normalized spacial score (nSPS) is 17.7. The Hall–Kier alpha value is -2.72. The van der Waals surface area contributed by atoms with Crippen LogP contribution in [-0.4, -0.2) is 39.3 Å². The molecule has 0 saturated carbocycles. The summed E-state index contributed by atoms with van der Waals surface area (Å²) in [5.74, 6) is 0.0355. The third-order valence-electron chi connectivity index (χ3n) is 5.85. The molecule has 0 saturated heterocycles. The quantitative estimate of drug-likeness (QED) is 0.578. The van der Waals surface area contributed by atoms with Gasteiger partial charge >= 0.3 is 5.97 Å².